The van der Waals surface area contributed by atoms with Gasteiger partial charge in [-0.15, -0.1) is 0 Å². The average Bonchev–Trinajstić information content (AvgIpc) is 2.75. The Balaban J connectivity index is 2.38. The maximum absolute atomic E-state index is 9.26. The van der Waals surface area contributed by atoms with E-state index in [1.807, 2.05) is 30.3 Å². The Hall–Kier alpha value is -2.28. The quantitative estimate of drug-likeness (QED) is 0.912. The van der Waals surface area contributed by atoms with E-state index in [1.165, 1.54) is 0 Å². The van der Waals surface area contributed by atoms with Crippen LogP contribution in [0.3, 0.4) is 0 Å². The van der Waals surface area contributed by atoms with Crippen LogP contribution in [0.1, 0.15) is 43.1 Å². The van der Waals surface area contributed by atoms with E-state index in [1.54, 1.807) is 4.68 Å². The predicted octanol–water partition coefficient (Wildman–Crippen LogP) is 2.90. The van der Waals surface area contributed by atoms with Crippen molar-refractivity contribution in [3.63, 3.8) is 0 Å². The lowest BCUT2D eigenvalue weighted by molar-refractivity contribution is 0.481. The molecule has 4 nitrogen and oxygen atoms in total. The molecule has 1 heterocycles. The Labute approximate surface area is 113 Å². The van der Waals surface area contributed by atoms with Crippen molar-refractivity contribution in [3.8, 4) is 6.07 Å². The van der Waals surface area contributed by atoms with Crippen LogP contribution in [-0.4, -0.2) is 9.78 Å². The molecule has 0 saturated heterocycles. The molecule has 19 heavy (non-hydrogen) atoms. The number of anilines is 1. The number of nitrogens with two attached hydrogens (primary N) is 1. The van der Waals surface area contributed by atoms with Crippen molar-refractivity contribution >= 4 is 5.82 Å². The average molecular weight is 254 g/mol. The van der Waals surface area contributed by atoms with E-state index >= 15 is 0 Å². The van der Waals surface area contributed by atoms with Gasteiger partial charge in [0.15, 0.2) is 0 Å². The van der Waals surface area contributed by atoms with E-state index in [0.717, 1.165) is 17.7 Å². The Bertz CT molecular complexity index is 593. The number of nitriles is 1. The number of benzene rings is 1. The van der Waals surface area contributed by atoms with Gasteiger partial charge in [-0.2, -0.15) is 10.4 Å². The summed E-state index contributed by atoms with van der Waals surface area (Å²) in [6.45, 7) is 4.13. The van der Waals surface area contributed by atoms with Crippen molar-refractivity contribution < 1.29 is 0 Å². The molecule has 1 unspecified atom stereocenters. The van der Waals surface area contributed by atoms with E-state index in [-0.39, 0.29) is 6.04 Å². The van der Waals surface area contributed by atoms with Crippen molar-refractivity contribution in [1.82, 2.24) is 9.78 Å². The zero-order chi connectivity index (χ0) is 13.8. The lowest BCUT2D eigenvalue weighted by atomic mass is 10.1. The predicted molar refractivity (Wildman–Crippen MR) is 75.6 cm³/mol. The van der Waals surface area contributed by atoms with Gasteiger partial charge in [-0.1, -0.05) is 37.3 Å². The van der Waals surface area contributed by atoms with E-state index in [4.69, 9.17) is 5.73 Å². The van der Waals surface area contributed by atoms with Gasteiger partial charge in [-0.25, -0.2) is 4.68 Å². The number of nitrogen functional groups attached to an aromatic ring is 1. The second-order valence-electron chi connectivity index (χ2n) is 4.68. The summed E-state index contributed by atoms with van der Waals surface area (Å²) in [7, 11) is 0. The summed E-state index contributed by atoms with van der Waals surface area (Å²) in [6.07, 6.45) is 1.57. The van der Waals surface area contributed by atoms with Crippen LogP contribution in [0.25, 0.3) is 0 Å². The van der Waals surface area contributed by atoms with Gasteiger partial charge in [-0.05, 0) is 18.9 Å². The second kappa shape index (κ2) is 5.57. The lowest BCUT2D eigenvalue weighted by Crippen LogP contribution is -2.09. The zero-order valence-electron chi connectivity index (χ0n) is 11.3. The highest BCUT2D eigenvalue weighted by molar-refractivity contribution is 5.53. The molecule has 0 amide bonds. The molecule has 1 aromatic carbocycles. The fourth-order valence-electron chi connectivity index (χ4n) is 2.04. The molecule has 0 bridgehead atoms. The molecule has 0 aliphatic heterocycles. The molecule has 2 aromatic rings. The summed E-state index contributed by atoms with van der Waals surface area (Å²) < 4.78 is 1.76. The molecule has 0 aliphatic rings. The van der Waals surface area contributed by atoms with Crippen LogP contribution in [0, 0.1) is 11.3 Å². The summed E-state index contributed by atoms with van der Waals surface area (Å²) in [5.74, 6) is 0.475. The summed E-state index contributed by atoms with van der Waals surface area (Å²) in [5, 5.41) is 13.8. The largest absolute Gasteiger partial charge is 0.383 e. The minimum Gasteiger partial charge on any atom is -0.383 e. The third-order valence-corrected chi connectivity index (χ3v) is 3.35. The molecular formula is C15H18N4. The summed E-state index contributed by atoms with van der Waals surface area (Å²) >= 11 is 0. The zero-order valence-corrected chi connectivity index (χ0v) is 11.3. The molecule has 0 aliphatic carbocycles. The minimum absolute atomic E-state index is 0.205. The fraction of sp³-hybridized carbons (Fsp3) is 0.333. The summed E-state index contributed by atoms with van der Waals surface area (Å²) in [5.41, 5.74) is 8.41. The standard InChI is InChI=1S/C15H18N4/c1-3-11(2)19-15(17)13(10-16)14(18-19)9-12-7-5-4-6-8-12/h4-8,11H,3,9,17H2,1-2H3. The molecule has 4 heteroatoms. The van der Waals surface area contributed by atoms with Crippen LogP contribution < -0.4 is 5.73 Å². The molecule has 1 aromatic heterocycles. The monoisotopic (exact) mass is 254 g/mol. The molecule has 98 valence electrons. The van der Waals surface area contributed by atoms with Crippen molar-refractivity contribution in [2.24, 2.45) is 0 Å². The molecule has 0 fully saturated rings. The first-order valence-electron chi connectivity index (χ1n) is 6.48. The van der Waals surface area contributed by atoms with E-state index in [0.29, 0.717) is 17.8 Å². The maximum atomic E-state index is 9.26. The maximum Gasteiger partial charge on any atom is 0.140 e. The second-order valence-corrected chi connectivity index (χ2v) is 4.68. The molecule has 2 rings (SSSR count). The van der Waals surface area contributed by atoms with Gasteiger partial charge in [0.1, 0.15) is 17.5 Å². The molecular weight excluding hydrogens is 236 g/mol. The minimum atomic E-state index is 0.205. The highest BCUT2D eigenvalue weighted by atomic mass is 15.3. The third kappa shape index (κ3) is 2.60. The van der Waals surface area contributed by atoms with Gasteiger partial charge < -0.3 is 5.73 Å². The van der Waals surface area contributed by atoms with Crippen LogP contribution in [0.4, 0.5) is 5.82 Å². The molecule has 0 radical (unpaired) electrons. The SMILES string of the molecule is CCC(C)n1nc(Cc2ccccc2)c(C#N)c1N. The first-order valence-corrected chi connectivity index (χ1v) is 6.48. The van der Waals surface area contributed by atoms with Crippen molar-refractivity contribution in [2.75, 3.05) is 5.73 Å². The normalized spacial score (nSPS) is 12.1. The van der Waals surface area contributed by atoms with Gasteiger partial charge in [-0.3, -0.25) is 0 Å². The van der Waals surface area contributed by atoms with Crippen molar-refractivity contribution in [3.05, 3.63) is 47.2 Å². The van der Waals surface area contributed by atoms with Crippen molar-refractivity contribution in [2.45, 2.75) is 32.7 Å². The van der Waals surface area contributed by atoms with Crippen LogP contribution >= 0.6 is 0 Å². The van der Waals surface area contributed by atoms with E-state index < -0.39 is 0 Å². The summed E-state index contributed by atoms with van der Waals surface area (Å²) in [4.78, 5) is 0. The van der Waals surface area contributed by atoms with Crippen LogP contribution in [0.15, 0.2) is 30.3 Å². The van der Waals surface area contributed by atoms with Gasteiger partial charge in [0.25, 0.3) is 0 Å². The molecule has 0 spiro atoms. The smallest absolute Gasteiger partial charge is 0.140 e. The summed E-state index contributed by atoms with van der Waals surface area (Å²) in [6, 6.07) is 12.4. The third-order valence-electron chi connectivity index (χ3n) is 3.35. The van der Waals surface area contributed by atoms with Crippen LogP contribution in [-0.2, 0) is 6.42 Å². The fourth-order valence-corrected chi connectivity index (χ4v) is 2.04. The van der Waals surface area contributed by atoms with Gasteiger partial charge in [0.05, 0.1) is 11.7 Å². The number of rotatable bonds is 4. The van der Waals surface area contributed by atoms with Crippen molar-refractivity contribution in [1.29, 1.82) is 5.26 Å². The lowest BCUT2D eigenvalue weighted by Gasteiger charge is -2.10. The highest BCUT2D eigenvalue weighted by Crippen LogP contribution is 2.23. The topological polar surface area (TPSA) is 67.6 Å². The van der Waals surface area contributed by atoms with Gasteiger partial charge in [0.2, 0.25) is 0 Å². The Morgan fingerprint density at radius 1 is 1.37 bits per heavy atom. The number of aromatic nitrogens is 2. The molecule has 0 saturated carbocycles. The van der Waals surface area contributed by atoms with Crippen LogP contribution in [0.2, 0.25) is 0 Å². The van der Waals surface area contributed by atoms with E-state index in [9.17, 15) is 5.26 Å². The number of nitrogens with zero attached hydrogens (tertiary/aromatic N) is 3. The Kier molecular flexibility index (Phi) is 3.86. The number of hydrogen-bond acceptors (Lipinski definition) is 3. The highest BCUT2D eigenvalue weighted by Gasteiger charge is 2.18. The molecule has 1 atom stereocenters. The number of hydrogen-bond donors (Lipinski definition) is 1. The van der Waals surface area contributed by atoms with Crippen LogP contribution in [0.5, 0.6) is 0 Å². The van der Waals surface area contributed by atoms with Gasteiger partial charge >= 0.3 is 0 Å². The van der Waals surface area contributed by atoms with Gasteiger partial charge in [0, 0.05) is 6.42 Å². The Morgan fingerprint density at radius 2 is 2.05 bits per heavy atom. The van der Waals surface area contributed by atoms with E-state index in [2.05, 4.69) is 25.0 Å². The Morgan fingerprint density at radius 3 is 2.63 bits per heavy atom. The first-order chi connectivity index (χ1) is 9.17. The molecule has 2 N–H and O–H groups in total. The first kappa shape index (κ1) is 13.2.